The second kappa shape index (κ2) is 6.29. The van der Waals surface area contributed by atoms with E-state index < -0.39 is 0 Å². The van der Waals surface area contributed by atoms with Crippen LogP contribution < -0.4 is 0 Å². The smallest absolute Gasteiger partial charge is 0.276 e. The Hall–Kier alpha value is -2.18. The van der Waals surface area contributed by atoms with Crippen molar-refractivity contribution in [2.24, 2.45) is 0 Å². The molecule has 2 heterocycles. The summed E-state index contributed by atoms with van der Waals surface area (Å²) in [5.74, 6) is -0.174. The molecule has 0 saturated heterocycles. The third-order valence-electron chi connectivity index (χ3n) is 3.07. The van der Waals surface area contributed by atoms with E-state index >= 15 is 0 Å². The molecule has 0 fully saturated rings. The minimum absolute atomic E-state index is 0.174. The number of carbonyl (C=O) groups is 1. The van der Waals surface area contributed by atoms with Crippen LogP contribution >= 0.6 is 22.9 Å². The molecular formula is C15H13ClN4OS. The van der Waals surface area contributed by atoms with Crippen LogP contribution in [-0.4, -0.2) is 32.8 Å². The van der Waals surface area contributed by atoms with Crippen molar-refractivity contribution >= 4 is 28.8 Å². The van der Waals surface area contributed by atoms with Gasteiger partial charge in [0.15, 0.2) is 5.69 Å². The summed E-state index contributed by atoms with van der Waals surface area (Å²) in [7, 11) is 1.73. The summed E-state index contributed by atoms with van der Waals surface area (Å²) in [6, 6.07) is 13.2. The van der Waals surface area contributed by atoms with Crippen LogP contribution in [0.1, 0.15) is 15.4 Å². The van der Waals surface area contributed by atoms with Gasteiger partial charge in [0.05, 0.1) is 22.8 Å². The van der Waals surface area contributed by atoms with Gasteiger partial charge in [-0.1, -0.05) is 29.8 Å². The highest BCUT2D eigenvalue weighted by atomic mass is 35.5. The summed E-state index contributed by atoms with van der Waals surface area (Å²) >= 11 is 7.36. The maximum Gasteiger partial charge on any atom is 0.276 e. The van der Waals surface area contributed by atoms with E-state index in [0.29, 0.717) is 16.6 Å². The Labute approximate surface area is 136 Å². The van der Waals surface area contributed by atoms with Gasteiger partial charge in [0.25, 0.3) is 5.91 Å². The molecular weight excluding hydrogens is 320 g/mol. The zero-order valence-corrected chi connectivity index (χ0v) is 13.4. The number of amides is 1. The number of thiophene rings is 1. The van der Waals surface area contributed by atoms with E-state index in [1.165, 1.54) is 22.3 Å². The highest BCUT2D eigenvalue weighted by Crippen LogP contribution is 2.22. The molecule has 0 aliphatic heterocycles. The Bertz CT molecular complexity index is 784. The van der Waals surface area contributed by atoms with E-state index in [-0.39, 0.29) is 5.91 Å². The highest BCUT2D eigenvalue weighted by molar-refractivity contribution is 7.16. The quantitative estimate of drug-likeness (QED) is 0.737. The average molecular weight is 333 g/mol. The molecule has 0 spiro atoms. The predicted octanol–water partition coefficient (Wildman–Crippen LogP) is 3.25. The summed E-state index contributed by atoms with van der Waals surface area (Å²) in [6.45, 7) is 0.494. The third-order valence-corrected chi connectivity index (χ3v) is 4.28. The van der Waals surface area contributed by atoms with E-state index in [0.717, 1.165) is 10.6 Å². The lowest BCUT2D eigenvalue weighted by Gasteiger charge is -2.14. The molecule has 0 N–H and O–H groups in total. The number of rotatable bonds is 4. The number of nitrogens with zero attached hydrogens (tertiary/aromatic N) is 4. The first-order valence-electron chi connectivity index (χ1n) is 6.61. The average Bonchev–Trinajstić information content (AvgIpc) is 3.17. The number of carbonyl (C=O) groups excluding carboxylic acids is 1. The normalized spacial score (nSPS) is 10.6. The summed E-state index contributed by atoms with van der Waals surface area (Å²) in [5, 5.41) is 8.38. The minimum Gasteiger partial charge on any atom is -0.335 e. The molecule has 3 aromatic rings. The highest BCUT2D eigenvalue weighted by Gasteiger charge is 2.17. The Morgan fingerprint density at radius 2 is 2.05 bits per heavy atom. The summed E-state index contributed by atoms with van der Waals surface area (Å²) in [4.78, 5) is 16.5. The fourth-order valence-electron chi connectivity index (χ4n) is 1.98. The van der Waals surface area contributed by atoms with Gasteiger partial charge in [0.2, 0.25) is 0 Å². The molecule has 0 bridgehead atoms. The van der Waals surface area contributed by atoms with E-state index in [4.69, 9.17) is 11.6 Å². The zero-order valence-electron chi connectivity index (χ0n) is 11.8. The van der Waals surface area contributed by atoms with E-state index in [1.807, 2.05) is 42.5 Å². The standard InChI is InChI=1S/C15H13ClN4OS/c1-19(10-12-7-8-14(16)22-12)15(21)13-9-17-20(18-13)11-5-3-2-4-6-11/h2-9H,10H2,1H3. The molecule has 1 aromatic carbocycles. The molecule has 0 radical (unpaired) electrons. The van der Waals surface area contributed by atoms with Crippen molar-refractivity contribution in [1.29, 1.82) is 0 Å². The van der Waals surface area contributed by atoms with Crippen LogP contribution in [-0.2, 0) is 6.54 Å². The Morgan fingerprint density at radius 3 is 2.73 bits per heavy atom. The molecule has 0 saturated carbocycles. The van der Waals surface area contributed by atoms with Crippen LogP contribution in [0.2, 0.25) is 4.34 Å². The Morgan fingerprint density at radius 1 is 1.27 bits per heavy atom. The first kappa shape index (κ1) is 14.7. The molecule has 0 aliphatic rings. The molecule has 1 amide bonds. The van der Waals surface area contributed by atoms with Crippen molar-refractivity contribution in [2.75, 3.05) is 7.05 Å². The van der Waals surface area contributed by atoms with Crippen molar-refractivity contribution < 1.29 is 4.79 Å². The lowest BCUT2D eigenvalue weighted by atomic mass is 10.3. The van der Waals surface area contributed by atoms with Gasteiger partial charge in [-0.25, -0.2) is 0 Å². The van der Waals surface area contributed by atoms with Crippen molar-refractivity contribution in [2.45, 2.75) is 6.54 Å². The molecule has 0 unspecified atom stereocenters. The number of hydrogen-bond acceptors (Lipinski definition) is 4. The number of para-hydroxylation sites is 1. The van der Waals surface area contributed by atoms with E-state index in [9.17, 15) is 4.79 Å². The van der Waals surface area contributed by atoms with E-state index in [1.54, 1.807) is 11.9 Å². The molecule has 7 heteroatoms. The topological polar surface area (TPSA) is 51.0 Å². The Balaban J connectivity index is 1.74. The molecule has 0 atom stereocenters. The van der Waals surface area contributed by atoms with Crippen LogP contribution in [0.25, 0.3) is 5.69 Å². The summed E-state index contributed by atoms with van der Waals surface area (Å²) in [5.41, 5.74) is 1.13. The largest absolute Gasteiger partial charge is 0.335 e. The number of aromatic nitrogens is 3. The molecule has 22 heavy (non-hydrogen) atoms. The van der Waals surface area contributed by atoms with Gasteiger partial charge in [-0.05, 0) is 24.3 Å². The van der Waals surface area contributed by atoms with Crippen molar-refractivity contribution in [3.63, 3.8) is 0 Å². The lowest BCUT2D eigenvalue weighted by molar-refractivity contribution is 0.0780. The number of hydrogen-bond donors (Lipinski definition) is 0. The maximum absolute atomic E-state index is 12.4. The van der Waals surface area contributed by atoms with Gasteiger partial charge in [-0.15, -0.1) is 16.4 Å². The number of benzene rings is 1. The molecule has 3 rings (SSSR count). The third kappa shape index (κ3) is 3.18. The minimum atomic E-state index is -0.174. The Kier molecular flexibility index (Phi) is 4.22. The van der Waals surface area contributed by atoms with Gasteiger partial charge in [-0.2, -0.15) is 9.90 Å². The van der Waals surface area contributed by atoms with Crippen molar-refractivity contribution in [1.82, 2.24) is 19.9 Å². The van der Waals surface area contributed by atoms with Crippen LogP contribution in [0.3, 0.4) is 0 Å². The zero-order chi connectivity index (χ0) is 15.5. The van der Waals surface area contributed by atoms with Gasteiger partial charge in [0.1, 0.15) is 0 Å². The van der Waals surface area contributed by atoms with Crippen LogP contribution in [0.15, 0.2) is 48.7 Å². The lowest BCUT2D eigenvalue weighted by Crippen LogP contribution is -2.26. The van der Waals surface area contributed by atoms with Gasteiger partial charge in [-0.3, -0.25) is 4.79 Å². The molecule has 112 valence electrons. The second-order valence-electron chi connectivity index (χ2n) is 4.72. The van der Waals surface area contributed by atoms with Gasteiger partial charge < -0.3 is 4.90 Å². The van der Waals surface area contributed by atoms with Gasteiger partial charge >= 0.3 is 0 Å². The maximum atomic E-state index is 12.4. The van der Waals surface area contributed by atoms with Crippen LogP contribution in [0.5, 0.6) is 0 Å². The van der Waals surface area contributed by atoms with Crippen LogP contribution in [0, 0.1) is 0 Å². The molecule has 5 nitrogen and oxygen atoms in total. The van der Waals surface area contributed by atoms with Crippen molar-refractivity contribution in [3.8, 4) is 5.69 Å². The predicted molar refractivity (Wildman–Crippen MR) is 86.5 cm³/mol. The molecule has 2 aromatic heterocycles. The SMILES string of the molecule is CN(Cc1ccc(Cl)s1)C(=O)c1cnn(-c2ccccc2)n1. The second-order valence-corrected chi connectivity index (χ2v) is 6.52. The summed E-state index contributed by atoms with van der Waals surface area (Å²) in [6.07, 6.45) is 1.48. The van der Waals surface area contributed by atoms with Gasteiger partial charge in [0, 0.05) is 11.9 Å². The van der Waals surface area contributed by atoms with Crippen LogP contribution in [0.4, 0.5) is 0 Å². The monoisotopic (exact) mass is 332 g/mol. The first-order chi connectivity index (χ1) is 10.6. The fraction of sp³-hybridized carbons (Fsp3) is 0.133. The van der Waals surface area contributed by atoms with Crippen molar-refractivity contribution in [3.05, 3.63) is 63.6 Å². The first-order valence-corrected chi connectivity index (χ1v) is 7.80. The van der Waals surface area contributed by atoms with E-state index in [2.05, 4.69) is 10.2 Å². The summed E-state index contributed by atoms with van der Waals surface area (Å²) < 4.78 is 0.714. The molecule has 0 aliphatic carbocycles. The fourth-order valence-corrected chi connectivity index (χ4v) is 3.13. The number of halogens is 1.